The van der Waals surface area contributed by atoms with E-state index in [1.807, 2.05) is 36.4 Å². The third kappa shape index (κ3) is 6.59. The third-order valence-electron chi connectivity index (χ3n) is 7.99. The quantitative estimate of drug-likeness (QED) is 0.229. The summed E-state index contributed by atoms with van der Waals surface area (Å²) in [5.41, 5.74) is 6.62. The van der Waals surface area contributed by atoms with E-state index in [9.17, 15) is 14.8 Å². The van der Waals surface area contributed by atoms with Gasteiger partial charge in [-0.3, -0.25) is 9.59 Å². The lowest BCUT2D eigenvalue weighted by Gasteiger charge is -2.24. The number of carbonyl (C=O) groups is 2. The SMILES string of the molecule is CNC(=O)c1ccc2c(C3CCCCC3)c3n(c2c1)CC(C(=O)NC/C=C/CN(C)O)=Cc1cc(OC)ccc1-3.CO. The smallest absolute Gasteiger partial charge is 0.251 e. The number of ether oxygens (including phenoxy) is 1. The van der Waals surface area contributed by atoms with E-state index < -0.39 is 0 Å². The minimum Gasteiger partial charge on any atom is -0.497 e. The van der Waals surface area contributed by atoms with Crippen LogP contribution in [0.3, 0.4) is 0 Å². The van der Waals surface area contributed by atoms with Crippen LogP contribution in [0.4, 0.5) is 0 Å². The summed E-state index contributed by atoms with van der Waals surface area (Å²) in [7, 11) is 5.86. The topological polar surface area (TPSA) is 116 Å². The van der Waals surface area contributed by atoms with Crippen LogP contribution in [-0.2, 0) is 11.3 Å². The van der Waals surface area contributed by atoms with Crippen molar-refractivity contribution >= 4 is 28.8 Å². The number of hydrogen-bond acceptors (Lipinski definition) is 6. The average Bonchev–Trinajstić information content (AvgIpc) is 3.23. The maximum Gasteiger partial charge on any atom is 0.251 e. The van der Waals surface area contributed by atoms with Gasteiger partial charge >= 0.3 is 0 Å². The first-order valence-corrected chi connectivity index (χ1v) is 14.5. The van der Waals surface area contributed by atoms with Crippen molar-refractivity contribution in [3.8, 4) is 17.0 Å². The van der Waals surface area contributed by atoms with Crippen molar-refractivity contribution in [1.29, 1.82) is 0 Å². The Hall–Kier alpha value is -3.92. The Kier molecular flexibility index (Phi) is 10.6. The van der Waals surface area contributed by atoms with Gasteiger partial charge in [-0.2, -0.15) is 5.06 Å². The highest BCUT2D eigenvalue weighted by molar-refractivity contribution is 6.04. The molecule has 2 heterocycles. The first-order valence-electron chi connectivity index (χ1n) is 14.5. The molecule has 0 spiro atoms. The molecule has 2 amide bonds. The summed E-state index contributed by atoms with van der Waals surface area (Å²) in [4.78, 5) is 26.1. The van der Waals surface area contributed by atoms with Crippen LogP contribution in [0, 0.1) is 0 Å². The number of aliphatic hydroxyl groups is 1. The molecule has 1 aliphatic heterocycles. The summed E-state index contributed by atoms with van der Waals surface area (Å²) in [6.45, 7) is 1.10. The fourth-order valence-corrected chi connectivity index (χ4v) is 6.04. The Labute approximate surface area is 247 Å². The molecule has 1 aromatic heterocycles. The van der Waals surface area contributed by atoms with Crippen LogP contribution >= 0.6 is 0 Å². The van der Waals surface area contributed by atoms with Crippen molar-refractivity contribution in [3.63, 3.8) is 0 Å². The predicted octanol–water partition coefficient (Wildman–Crippen LogP) is 4.72. The van der Waals surface area contributed by atoms with Crippen LogP contribution < -0.4 is 15.4 Å². The molecule has 0 saturated heterocycles. The number of methoxy groups -OCH3 is 1. The minimum absolute atomic E-state index is 0.135. The maximum atomic E-state index is 13.5. The number of likely N-dealkylation sites (N-methyl/N-ethyl adjacent to an activating group) is 1. The number of nitrogens with one attached hydrogen (secondary N) is 2. The number of hydrogen-bond donors (Lipinski definition) is 4. The fourth-order valence-electron chi connectivity index (χ4n) is 6.04. The van der Waals surface area contributed by atoms with Gasteiger partial charge < -0.3 is 30.3 Å². The highest BCUT2D eigenvalue weighted by Gasteiger charge is 2.30. The Bertz CT molecular complexity index is 1480. The molecule has 0 radical (unpaired) electrons. The lowest BCUT2D eigenvalue weighted by Crippen LogP contribution is -2.27. The summed E-state index contributed by atoms with van der Waals surface area (Å²) in [6, 6.07) is 12.0. The number of rotatable bonds is 8. The molecule has 9 nitrogen and oxygen atoms in total. The second-order valence-electron chi connectivity index (χ2n) is 10.6. The van der Waals surface area contributed by atoms with Gasteiger partial charge in [0, 0.05) is 61.9 Å². The fraction of sp³-hybridized carbons (Fsp3) is 0.394. The van der Waals surface area contributed by atoms with Crippen LogP contribution in [0.1, 0.15) is 59.5 Å². The van der Waals surface area contributed by atoms with Crippen molar-refractivity contribution < 1.29 is 24.6 Å². The highest BCUT2D eigenvalue weighted by Crippen LogP contribution is 2.47. The highest BCUT2D eigenvalue weighted by atomic mass is 16.5. The van der Waals surface area contributed by atoms with E-state index in [1.54, 1.807) is 27.3 Å². The molecule has 4 N–H and O–H groups in total. The maximum absolute atomic E-state index is 13.5. The minimum atomic E-state index is -0.160. The molecule has 42 heavy (non-hydrogen) atoms. The van der Waals surface area contributed by atoms with E-state index in [0.717, 1.165) is 58.5 Å². The van der Waals surface area contributed by atoms with Gasteiger partial charge in [0.1, 0.15) is 5.75 Å². The lowest BCUT2D eigenvalue weighted by molar-refractivity contribution is -0.117. The van der Waals surface area contributed by atoms with Crippen molar-refractivity contribution in [2.45, 2.75) is 44.6 Å². The van der Waals surface area contributed by atoms with E-state index in [2.05, 4.69) is 27.3 Å². The normalized spacial score (nSPS) is 14.9. The van der Waals surface area contributed by atoms with E-state index in [-0.39, 0.29) is 11.8 Å². The van der Waals surface area contributed by atoms with Crippen molar-refractivity contribution in [1.82, 2.24) is 20.3 Å². The van der Waals surface area contributed by atoms with Gasteiger partial charge in [-0.1, -0.05) is 37.5 Å². The van der Waals surface area contributed by atoms with E-state index in [4.69, 9.17) is 9.84 Å². The van der Waals surface area contributed by atoms with E-state index in [1.165, 1.54) is 24.8 Å². The molecule has 1 saturated carbocycles. The Morgan fingerprint density at radius 3 is 2.52 bits per heavy atom. The number of aliphatic hydroxyl groups excluding tert-OH is 1. The van der Waals surface area contributed by atoms with Gasteiger partial charge in [-0.15, -0.1) is 0 Å². The third-order valence-corrected chi connectivity index (χ3v) is 7.99. The van der Waals surface area contributed by atoms with Crippen LogP contribution in [0.15, 0.2) is 54.1 Å². The Morgan fingerprint density at radius 2 is 1.83 bits per heavy atom. The van der Waals surface area contributed by atoms with Crippen molar-refractivity contribution in [2.75, 3.05) is 41.4 Å². The summed E-state index contributed by atoms with van der Waals surface area (Å²) in [5.74, 6) is 0.853. The second-order valence-corrected chi connectivity index (χ2v) is 10.6. The summed E-state index contributed by atoms with van der Waals surface area (Å²) in [6.07, 6.45) is 11.5. The van der Waals surface area contributed by atoms with Gasteiger partial charge in [0.25, 0.3) is 5.91 Å². The zero-order valence-electron chi connectivity index (χ0n) is 24.9. The first kappa shape index (κ1) is 31.0. The molecule has 0 unspecified atom stereocenters. The zero-order chi connectivity index (χ0) is 30.2. The molecule has 3 aromatic rings. The zero-order valence-corrected chi connectivity index (χ0v) is 24.9. The van der Waals surface area contributed by atoms with Crippen molar-refractivity contribution in [2.24, 2.45) is 0 Å². The molecule has 1 fully saturated rings. The molecule has 2 aliphatic rings. The Morgan fingerprint density at radius 1 is 1.07 bits per heavy atom. The van der Waals surface area contributed by atoms with Gasteiger partial charge in [0.2, 0.25) is 5.91 Å². The van der Waals surface area contributed by atoms with E-state index in [0.29, 0.717) is 36.7 Å². The average molecular weight is 575 g/mol. The van der Waals surface area contributed by atoms with Gasteiger partial charge in [0.05, 0.1) is 19.3 Å². The van der Waals surface area contributed by atoms with Crippen molar-refractivity contribution in [3.05, 3.63) is 70.8 Å². The van der Waals surface area contributed by atoms with Crippen LogP contribution in [0.25, 0.3) is 28.2 Å². The first-order chi connectivity index (χ1) is 20.4. The molecule has 5 rings (SSSR count). The molecule has 9 heteroatoms. The number of fused-ring (bicyclic) bond motifs is 5. The molecular weight excluding hydrogens is 532 g/mol. The summed E-state index contributed by atoms with van der Waals surface area (Å²) in [5, 5.41) is 24.3. The summed E-state index contributed by atoms with van der Waals surface area (Å²) < 4.78 is 7.79. The summed E-state index contributed by atoms with van der Waals surface area (Å²) >= 11 is 0. The van der Waals surface area contributed by atoms with Crippen LogP contribution in [0.5, 0.6) is 5.75 Å². The number of benzene rings is 2. The molecule has 0 atom stereocenters. The van der Waals surface area contributed by atoms with Gasteiger partial charge in [0.15, 0.2) is 0 Å². The van der Waals surface area contributed by atoms with E-state index >= 15 is 0 Å². The van der Waals surface area contributed by atoms with Crippen LogP contribution in [-0.4, -0.2) is 73.2 Å². The monoisotopic (exact) mass is 574 g/mol. The molecule has 224 valence electrons. The second kappa shape index (κ2) is 14.3. The lowest BCUT2D eigenvalue weighted by atomic mass is 9.81. The number of amides is 2. The Balaban J connectivity index is 0.00000198. The number of nitrogens with zero attached hydrogens (tertiary/aromatic N) is 2. The standard InChI is InChI=1S/C32H38N4O4.CH4O/c1-33-31(37)22-11-13-27-28(19-22)36-20-24(32(38)34-15-7-8-16-35(2)39)17-23-18-25(40-3)12-14-26(23)30(36)29(27)21-9-5-4-6-10-21;1-2/h7-8,11-14,17-19,21,39H,4-6,9-10,15-16,20H2,1-3H3,(H,33,37)(H,34,38);2H,1H3/b8-7+;. The van der Waals surface area contributed by atoms with Gasteiger partial charge in [-0.25, -0.2) is 0 Å². The number of hydroxylamine groups is 2. The van der Waals surface area contributed by atoms with Crippen LogP contribution in [0.2, 0.25) is 0 Å². The molecule has 2 aromatic carbocycles. The number of carbonyl (C=O) groups excluding carboxylic acids is 2. The van der Waals surface area contributed by atoms with Gasteiger partial charge in [-0.05, 0) is 66.3 Å². The largest absolute Gasteiger partial charge is 0.497 e. The number of aromatic nitrogens is 1. The molecular formula is C33H42N4O5. The predicted molar refractivity (Wildman–Crippen MR) is 166 cm³/mol. The molecule has 0 bridgehead atoms. The molecule has 1 aliphatic carbocycles.